The molecule has 114 valence electrons. The van der Waals surface area contributed by atoms with Crippen molar-refractivity contribution in [3.63, 3.8) is 0 Å². The second kappa shape index (κ2) is 8.07. The molecule has 5 heteroatoms. The highest BCUT2D eigenvalue weighted by atomic mass is 16.3. The van der Waals surface area contributed by atoms with Crippen molar-refractivity contribution in [3.8, 4) is 5.75 Å². The Morgan fingerprint density at radius 3 is 2.65 bits per heavy atom. The number of unbranched alkanes of at least 4 members (excludes halogenated alkanes) is 1. The molecule has 0 bridgehead atoms. The van der Waals surface area contributed by atoms with Gasteiger partial charge >= 0.3 is 0 Å². The lowest BCUT2D eigenvalue weighted by Crippen LogP contribution is -2.28. The van der Waals surface area contributed by atoms with Crippen LogP contribution in [0.15, 0.2) is 17.1 Å². The monoisotopic (exact) mass is 282 g/mol. The van der Waals surface area contributed by atoms with Gasteiger partial charge in [-0.25, -0.2) is 0 Å². The van der Waals surface area contributed by atoms with Crippen molar-refractivity contribution >= 4 is 0 Å². The predicted octanol–water partition coefficient (Wildman–Crippen LogP) is 1.56. The number of hydrogen-bond acceptors (Lipinski definition) is 4. The molecule has 20 heavy (non-hydrogen) atoms. The van der Waals surface area contributed by atoms with Crippen molar-refractivity contribution in [1.82, 2.24) is 9.47 Å². The van der Waals surface area contributed by atoms with E-state index in [2.05, 4.69) is 18.7 Å². The summed E-state index contributed by atoms with van der Waals surface area (Å²) < 4.78 is 1.76. The minimum absolute atomic E-state index is 0.272. The van der Waals surface area contributed by atoms with E-state index in [9.17, 15) is 15.0 Å². The van der Waals surface area contributed by atoms with Crippen LogP contribution < -0.4 is 5.43 Å². The highest BCUT2D eigenvalue weighted by Crippen LogP contribution is 2.10. The van der Waals surface area contributed by atoms with Crippen LogP contribution in [0.4, 0.5) is 0 Å². The van der Waals surface area contributed by atoms with Crippen LogP contribution >= 0.6 is 0 Å². The quantitative estimate of drug-likeness (QED) is 0.759. The van der Waals surface area contributed by atoms with Gasteiger partial charge < -0.3 is 14.8 Å². The molecule has 1 rings (SSSR count). The van der Waals surface area contributed by atoms with Gasteiger partial charge in [0.15, 0.2) is 5.75 Å². The summed E-state index contributed by atoms with van der Waals surface area (Å²) in [6.45, 7) is 8.84. The number of hydrogen-bond donors (Lipinski definition) is 2. The predicted molar refractivity (Wildman–Crippen MR) is 79.9 cm³/mol. The first kappa shape index (κ1) is 16.7. The summed E-state index contributed by atoms with van der Waals surface area (Å²) >= 11 is 0. The molecule has 0 aliphatic rings. The van der Waals surface area contributed by atoms with E-state index < -0.39 is 6.10 Å². The van der Waals surface area contributed by atoms with Gasteiger partial charge in [-0.2, -0.15) is 0 Å². The summed E-state index contributed by atoms with van der Waals surface area (Å²) in [7, 11) is 0. The van der Waals surface area contributed by atoms with Crippen LogP contribution in [0.2, 0.25) is 0 Å². The number of rotatable bonds is 8. The highest BCUT2D eigenvalue weighted by Gasteiger charge is 2.11. The van der Waals surface area contributed by atoms with Crippen LogP contribution in [0.5, 0.6) is 5.75 Å². The first-order valence-electron chi connectivity index (χ1n) is 7.30. The molecule has 1 heterocycles. The van der Waals surface area contributed by atoms with Crippen LogP contribution in [0.25, 0.3) is 0 Å². The Morgan fingerprint density at radius 1 is 1.40 bits per heavy atom. The molecule has 0 saturated heterocycles. The van der Waals surface area contributed by atoms with Gasteiger partial charge in [0, 0.05) is 24.8 Å². The van der Waals surface area contributed by atoms with Gasteiger partial charge in [-0.3, -0.25) is 9.69 Å². The summed E-state index contributed by atoms with van der Waals surface area (Å²) in [5.41, 5.74) is 0.458. The molecular formula is C15H26N2O3. The largest absolute Gasteiger partial charge is 0.503 e. The molecule has 0 radical (unpaired) electrons. The molecule has 0 aliphatic heterocycles. The zero-order chi connectivity index (χ0) is 15.1. The minimum Gasteiger partial charge on any atom is -0.503 e. The molecular weight excluding hydrogens is 256 g/mol. The Labute approximate surface area is 120 Å². The first-order chi connectivity index (χ1) is 9.47. The lowest BCUT2D eigenvalue weighted by Gasteiger charge is -2.23. The molecule has 1 unspecified atom stereocenters. The number of pyridine rings is 1. The maximum Gasteiger partial charge on any atom is 0.223 e. The molecule has 0 amide bonds. The van der Waals surface area contributed by atoms with Crippen molar-refractivity contribution < 1.29 is 10.2 Å². The van der Waals surface area contributed by atoms with Crippen LogP contribution in [-0.4, -0.2) is 38.9 Å². The van der Waals surface area contributed by atoms with Crippen molar-refractivity contribution in [3.05, 3.63) is 28.2 Å². The van der Waals surface area contributed by atoms with Gasteiger partial charge in [-0.15, -0.1) is 0 Å². The molecule has 0 fully saturated rings. The van der Waals surface area contributed by atoms with Crippen molar-refractivity contribution in [2.45, 2.75) is 52.8 Å². The Kier molecular flexibility index (Phi) is 6.75. The third kappa shape index (κ3) is 4.98. The SMILES string of the molecule is CCCCN(CC)Cc1cc(=O)c(O)cn1CC(C)O. The van der Waals surface area contributed by atoms with Crippen molar-refractivity contribution in [1.29, 1.82) is 0 Å². The fourth-order valence-electron chi connectivity index (χ4n) is 2.15. The second-order valence-corrected chi connectivity index (χ2v) is 5.24. The van der Waals surface area contributed by atoms with Gasteiger partial charge in [0.05, 0.1) is 12.3 Å². The van der Waals surface area contributed by atoms with E-state index in [0.29, 0.717) is 13.1 Å². The smallest absolute Gasteiger partial charge is 0.223 e. The third-order valence-electron chi connectivity index (χ3n) is 3.32. The summed E-state index contributed by atoms with van der Waals surface area (Å²) in [5.74, 6) is -0.272. The van der Waals surface area contributed by atoms with E-state index in [1.807, 2.05) is 0 Å². The number of aromatic hydroxyl groups is 1. The van der Waals surface area contributed by atoms with E-state index in [4.69, 9.17) is 0 Å². The van der Waals surface area contributed by atoms with Gasteiger partial charge in [0.1, 0.15) is 0 Å². The minimum atomic E-state index is -0.527. The zero-order valence-electron chi connectivity index (χ0n) is 12.7. The van der Waals surface area contributed by atoms with E-state index in [0.717, 1.165) is 31.6 Å². The number of aliphatic hydroxyl groups excluding tert-OH is 1. The third-order valence-corrected chi connectivity index (χ3v) is 3.32. The Bertz CT molecular complexity index is 469. The van der Waals surface area contributed by atoms with Crippen LogP contribution in [-0.2, 0) is 13.1 Å². The lowest BCUT2D eigenvalue weighted by atomic mass is 10.2. The fraction of sp³-hybridized carbons (Fsp3) is 0.667. The van der Waals surface area contributed by atoms with Gasteiger partial charge in [-0.05, 0) is 26.4 Å². The van der Waals surface area contributed by atoms with Gasteiger partial charge in [0.2, 0.25) is 5.43 Å². The maximum absolute atomic E-state index is 11.6. The average molecular weight is 282 g/mol. The summed E-state index contributed by atoms with van der Waals surface area (Å²) in [4.78, 5) is 13.9. The summed E-state index contributed by atoms with van der Waals surface area (Å²) in [6.07, 6.45) is 3.14. The summed E-state index contributed by atoms with van der Waals surface area (Å²) in [5, 5.41) is 19.1. The molecule has 0 spiro atoms. The zero-order valence-corrected chi connectivity index (χ0v) is 12.7. The van der Waals surface area contributed by atoms with Gasteiger partial charge in [0.25, 0.3) is 0 Å². The Balaban J connectivity index is 2.95. The van der Waals surface area contributed by atoms with Crippen LogP contribution in [0.1, 0.15) is 39.3 Å². The standard InChI is InChI=1S/C15H26N2O3/c1-4-6-7-16(5-2)10-13-8-14(19)15(20)11-17(13)9-12(3)18/h8,11-12,18,20H,4-7,9-10H2,1-3H3. The second-order valence-electron chi connectivity index (χ2n) is 5.24. The number of aromatic nitrogens is 1. The van der Waals surface area contributed by atoms with Crippen LogP contribution in [0.3, 0.4) is 0 Å². The molecule has 5 nitrogen and oxygen atoms in total. The van der Waals surface area contributed by atoms with Gasteiger partial charge in [-0.1, -0.05) is 20.3 Å². The maximum atomic E-state index is 11.6. The van der Waals surface area contributed by atoms with Crippen molar-refractivity contribution in [2.75, 3.05) is 13.1 Å². The molecule has 2 N–H and O–H groups in total. The molecule has 1 aromatic rings. The molecule has 0 aliphatic carbocycles. The fourth-order valence-corrected chi connectivity index (χ4v) is 2.15. The Hall–Kier alpha value is -1.33. The van der Waals surface area contributed by atoms with Crippen LogP contribution in [0, 0.1) is 0 Å². The lowest BCUT2D eigenvalue weighted by molar-refractivity contribution is 0.169. The molecule has 0 aromatic carbocycles. The topological polar surface area (TPSA) is 65.7 Å². The molecule has 1 aromatic heterocycles. The first-order valence-corrected chi connectivity index (χ1v) is 7.30. The normalized spacial score (nSPS) is 12.8. The average Bonchev–Trinajstić information content (AvgIpc) is 2.39. The molecule has 1 atom stereocenters. The Morgan fingerprint density at radius 2 is 2.10 bits per heavy atom. The highest BCUT2D eigenvalue weighted by molar-refractivity contribution is 5.20. The van der Waals surface area contributed by atoms with E-state index in [1.165, 1.54) is 12.3 Å². The van der Waals surface area contributed by atoms with E-state index in [-0.39, 0.29) is 11.2 Å². The summed E-state index contributed by atoms with van der Waals surface area (Å²) in [6, 6.07) is 1.46. The van der Waals surface area contributed by atoms with E-state index in [1.54, 1.807) is 11.5 Å². The number of aliphatic hydroxyl groups is 1. The van der Waals surface area contributed by atoms with E-state index >= 15 is 0 Å². The molecule has 0 saturated carbocycles. The number of nitrogens with zero attached hydrogens (tertiary/aromatic N) is 2. The van der Waals surface area contributed by atoms with Crippen molar-refractivity contribution in [2.24, 2.45) is 0 Å².